The van der Waals surface area contributed by atoms with Gasteiger partial charge in [-0.1, -0.05) is 0 Å². The lowest BCUT2D eigenvalue weighted by Gasteiger charge is -2.34. The van der Waals surface area contributed by atoms with Crippen molar-refractivity contribution in [3.8, 4) is 0 Å². The zero-order chi connectivity index (χ0) is 20.3. The van der Waals surface area contributed by atoms with E-state index in [1.807, 2.05) is 0 Å². The normalized spacial score (nSPS) is 16.6. The highest BCUT2D eigenvalue weighted by Crippen LogP contribution is 2.30. The number of nitrogens with one attached hydrogen (secondary N) is 1. The molecule has 152 valence electrons. The SMILES string of the molecule is Cc1ccc(C(CNc2ccc([N+](=O)[O-])c(S(C)(=O)=O)c2)N2CCOCC2)s1. The summed E-state index contributed by atoms with van der Waals surface area (Å²) in [5, 5.41) is 14.4. The first-order valence-electron chi connectivity index (χ1n) is 8.86. The number of nitrogens with zero attached hydrogens (tertiary/aromatic N) is 2. The van der Waals surface area contributed by atoms with Crippen molar-refractivity contribution in [3.63, 3.8) is 0 Å². The number of benzene rings is 1. The number of ether oxygens (including phenoxy) is 1. The van der Waals surface area contributed by atoms with Crippen LogP contribution in [0.1, 0.15) is 15.8 Å². The average molecular weight is 426 g/mol. The molecule has 1 aliphatic rings. The third-order valence-electron chi connectivity index (χ3n) is 4.63. The summed E-state index contributed by atoms with van der Waals surface area (Å²) in [5.41, 5.74) is 0.129. The van der Waals surface area contributed by atoms with Crippen molar-refractivity contribution in [1.29, 1.82) is 0 Å². The molecule has 1 aliphatic heterocycles. The minimum absolute atomic E-state index is 0.111. The molecule has 28 heavy (non-hydrogen) atoms. The maximum Gasteiger partial charge on any atom is 0.288 e. The lowest BCUT2D eigenvalue weighted by molar-refractivity contribution is -0.387. The Hall–Kier alpha value is -2.01. The monoisotopic (exact) mass is 425 g/mol. The summed E-state index contributed by atoms with van der Waals surface area (Å²) in [6.45, 7) is 5.61. The molecule has 0 bridgehead atoms. The van der Waals surface area contributed by atoms with Crippen LogP contribution in [0.25, 0.3) is 0 Å². The zero-order valence-electron chi connectivity index (χ0n) is 15.8. The van der Waals surface area contributed by atoms with Gasteiger partial charge in [0.25, 0.3) is 5.69 Å². The van der Waals surface area contributed by atoms with Crippen molar-refractivity contribution in [2.75, 3.05) is 44.4 Å². The third-order valence-corrected chi connectivity index (χ3v) is 6.86. The second kappa shape index (κ2) is 8.56. The first-order chi connectivity index (χ1) is 13.3. The van der Waals surface area contributed by atoms with Crippen LogP contribution in [0.15, 0.2) is 35.2 Å². The van der Waals surface area contributed by atoms with E-state index in [0.717, 1.165) is 19.3 Å². The number of nitro benzene ring substituents is 1. The molecular weight excluding hydrogens is 402 g/mol. The van der Waals surface area contributed by atoms with Gasteiger partial charge in [0.05, 0.1) is 24.2 Å². The number of sulfone groups is 1. The molecule has 0 radical (unpaired) electrons. The van der Waals surface area contributed by atoms with Crippen molar-refractivity contribution in [3.05, 3.63) is 50.2 Å². The van der Waals surface area contributed by atoms with Gasteiger partial charge in [0, 0.05) is 47.4 Å². The minimum atomic E-state index is -3.72. The van der Waals surface area contributed by atoms with E-state index in [9.17, 15) is 18.5 Å². The molecule has 0 amide bonds. The molecule has 1 saturated heterocycles. The van der Waals surface area contributed by atoms with Gasteiger partial charge in [0.1, 0.15) is 4.90 Å². The van der Waals surface area contributed by atoms with E-state index in [4.69, 9.17) is 4.74 Å². The highest BCUT2D eigenvalue weighted by atomic mass is 32.2. The smallest absolute Gasteiger partial charge is 0.288 e. The van der Waals surface area contributed by atoms with Crippen LogP contribution in [-0.4, -0.2) is 57.3 Å². The van der Waals surface area contributed by atoms with Crippen LogP contribution in [0, 0.1) is 17.0 Å². The summed E-state index contributed by atoms with van der Waals surface area (Å²) in [6, 6.07) is 8.42. The molecule has 1 aromatic heterocycles. The number of rotatable bonds is 7. The summed E-state index contributed by atoms with van der Waals surface area (Å²) in [7, 11) is -3.72. The molecule has 8 nitrogen and oxygen atoms in total. The van der Waals surface area contributed by atoms with E-state index in [-0.39, 0.29) is 10.9 Å². The van der Waals surface area contributed by atoms with Gasteiger partial charge >= 0.3 is 0 Å². The Kier molecular flexibility index (Phi) is 6.33. The van der Waals surface area contributed by atoms with Crippen LogP contribution in [-0.2, 0) is 14.6 Å². The molecule has 1 aromatic carbocycles. The fraction of sp³-hybridized carbons (Fsp3) is 0.444. The van der Waals surface area contributed by atoms with Crippen LogP contribution in [0.3, 0.4) is 0 Å². The molecule has 2 heterocycles. The molecule has 1 unspecified atom stereocenters. The lowest BCUT2D eigenvalue weighted by Crippen LogP contribution is -2.41. The molecule has 2 aromatic rings. The Labute approximate surface area is 168 Å². The van der Waals surface area contributed by atoms with Gasteiger partial charge in [-0.2, -0.15) is 0 Å². The molecule has 0 spiro atoms. The number of hydrogen-bond donors (Lipinski definition) is 1. The fourth-order valence-corrected chi connectivity index (χ4v) is 5.09. The Morgan fingerprint density at radius 1 is 1.29 bits per heavy atom. The van der Waals surface area contributed by atoms with Crippen molar-refractivity contribution in [1.82, 2.24) is 4.90 Å². The maximum absolute atomic E-state index is 12.0. The topological polar surface area (TPSA) is 102 Å². The molecule has 0 saturated carbocycles. The quantitative estimate of drug-likeness (QED) is 0.537. The highest BCUT2D eigenvalue weighted by Gasteiger charge is 2.25. The van der Waals surface area contributed by atoms with E-state index in [2.05, 4.69) is 29.3 Å². The van der Waals surface area contributed by atoms with E-state index < -0.39 is 20.4 Å². The van der Waals surface area contributed by atoms with E-state index in [0.29, 0.717) is 25.4 Å². The largest absolute Gasteiger partial charge is 0.383 e. The van der Waals surface area contributed by atoms with Crippen LogP contribution in [0.2, 0.25) is 0 Å². The number of anilines is 1. The predicted octanol–water partition coefficient (Wildman–Crippen LogP) is 2.85. The molecule has 10 heteroatoms. The molecule has 3 rings (SSSR count). The first kappa shape index (κ1) is 20.7. The fourth-order valence-electron chi connectivity index (χ4n) is 3.22. The minimum Gasteiger partial charge on any atom is -0.383 e. The predicted molar refractivity (Wildman–Crippen MR) is 109 cm³/mol. The molecule has 1 N–H and O–H groups in total. The van der Waals surface area contributed by atoms with E-state index >= 15 is 0 Å². The Morgan fingerprint density at radius 2 is 2.00 bits per heavy atom. The van der Waals surface area contributed by atoms with Crippen LogP contribution in [0.5, 0.6) is 0 Å². The Morgan fingerprint density at radius 3 is 2.57 bits per heavy atom. The first-order valence-corrected chi connectivity index (χ1v) is 11.6. The van der Waals surface area contributed by atoms with Gasteiger partial charge in [-0.25, -0.2) is 8.42 Å². The second-order valence-electron chi connectivity index (χ2n) is 6.71. The molecule has 1 atom stereocenters. The van der Waals surface area contributed by atoms with Crippen molar-refractivity contribution in [2.45, 2.75) is 17.9 Å². The van der Waals surface area contributed by atoms with Gasteiger partial charge in [-0.15, -0.1) is 11.3 Å². The van der Waals surface area contributed by atoms with E-state index in [1.54, 1.807) is 17.4 Å². The Bertz CT molecular complexity index is 952. The van der Waals surface area contributed by atoms with Gasteiger partial charge in [0.15, 0.2) is 9.84 Å². The summed E-state index contributed by atoms with van der Waals surface area (Å²) in [5.74, 6) is 0. The number of morpholine rings is 1. The molecule has 1 fully saturated rings. The van der Waals surface area contributed by atoms with Crippen LogP contribution in [0.4, 0.5) is 11.4 Å². The van der Waals surface area contributed by atoms with Gasteiger partial charge in [-0.3, -0.25) is 15.0 Å². The summed E-state index contributed by atoms with van der Waals surface area (Å²) >= 11 is 1.73. The maximum atomic E-state index is 12.0. The third kappa shape index (κ3) is 4.88. The summed E-state index contributed by atoms with van der Waals surface area (Å²) < 4.78 is 29.4. The second-order valence-corrected chi connectivity index (χ2v) is 10.0. The van der Waals surface area contributed by atoms with Crippen molar-refractivity contribution >= 4 is 32.5 Å². The lowest BCUT2D eigenvalue weighted by atomic mass is 10.1. The highest BCUT2D eigenvalue weighted by molar-refractivity contribution is 7.90. The van der Waals surface area contributed by atoms with Crippen molar-refractivity contribution < 1.29 is 18.1 Å². The van der Waals surface area contributed by atoms with Gasteiger partial charge < -0.3 is 10.1 Å². The molecule has 0 aliphatic carbocycles. The zero-order valence-corrected chi connectivity index (χ0v) is 17.4. The summed E-state index contributed by atoms with van der Waals surface area (Å²) in [6.07, 6.45) is 0.976. The van der Waals surface area contributed by atoms with Crippen LogP contribution >= 0.6 is 11.3 Å². The van der Waals surface area contributed by atoms with Gasteiger partial charge in [-0.05, 0) is 31.2 Å². The Balaban J connectivity index is 1.84. The van der Waals surface area contributed by atoms with Crippen molar-refractivity contribution in [2.24, 2.45) is 0 Å². The number of hydrogen-bond acceptors (Lipinski definition) is 8. The van der Waals surface area contributed by atoms with Gasteiger partial charge in [0.2, 0.25) is 0 Å². The van der Waals surface area contributed by atoms with Crippen LogP contribution < -0.4 is 5.32 Å². The number of thiophene rings is 1. The standard InChI is InChI=1S/C18H23N3O5S2/c1-13-3-6-17(27-13)16(20-7-9-26-10-8-20)12-19-14-4-5-15(21(22)23)18(11-14)28(2,24)25/h3-6,11,16,19H,7-10,12H2,1-2H3. The summed E-state index contributed by atoms with van der Waals surface area (Å²) in [4.78, 5) is 15.0. The average Bonchev–Trinajstić information content (AvgIpc) is 3.08. The molecular formula is C18H23N3O5S2. The number of nitro groups is 1. The number of aryl methyl sites for hydroxylation is 1. The van der Waals surface area contributed by atoms with E-state index in [1.165, 1.54) is 21.9 Å².